The molecule has 0 saturated heterocycles. The predicted molar refractivity (Wildman–Crippen MR) is 78.0 cm³/mol. The Hall–Kier alpha value is -1.01. The number of primary sulfonamides is 1. The molecule has 0 bridgehead atoms. The van der Waals surface area contributed by atoms with E-state index in [0.29, 0.717) is 5.56 Å². The van der Waals surface area contributed by atoms with Crippen molar-refractivity contribution in [3.05, 3.63) is 29.8 Å². The lowest BCUT2D eigenvalue weighted by Gasteiger charge is -2.14. The zero-order valence-corrected chi connectivity index (χ0v) is 13.8. The van der Waals surface area contributed by atoms with Gasteiger partial charge in [0.25, 0.3) is 0 Å². The van der Waals surface area contributed by atoms with E-state index in [4.69, 9.17) is 5.14 Å². The fourth-order valence-electron chi connectivity index (χ4n) is 1.61. The first-order valence-electron chi connectivity index (χ1n) is 5.61. The first kappa shape index (κ1) is 18.0. The van der Waals surface area contributed by atoms with Crippen molar-refractivity contribution in [2.45, 2.75) is 17.9 Å². The number of benzene rings is 1. The van der Waals surface area contributed by atoms with Crippen molar-refractivity contribution in [1.29, 1.82) is 0 Å². The van der Waals surface area contributed by atoms with Gasteiger partial charge in [-0.25, -0.2) is 35.1 Å². The number of nitrogens with two attached hydrogens (primary N) is 1. The summed E-state index contributed by atoms with van der Waals surface area (Å²) in [6.07, 6.45) is 0.804. The van der Waals surface area contributed by atoms with Gasteiger partial charge in [-0.15, -0.1) is 0 Å². The van der Waals surface area contributed by atoms with E-state index in [1.165, 1.54) is 31.2 Å². The normalized spacial score (nSPS) is 14.8. The summed E-state index contributed by atoms with van der Waals surface area (Å²) in [7, 11) is -11.7. The average molecular weight is 356 g/mol. The molecule has 1 aromatic rings. The molecule has 0 saturated carbocycles. The van der Waals surface area contributed by atoms with Crippen LogP contribution in [0.1, 0.15) is 18.5 Å². The number of hydrogen-bond donors (Lipinski definition) is 2. The minimum Gasteiger partial charge on any atom is -0.228 e. The summed E-state index contributed by atoms with van der Waals surface area (Å²) in [5.74, 6) is 0. The Kier molecular flexibility index (Phi) is 5.16. The van der Waals surface area contributed by atoms with Crippen molar-refractivity contribution in [1.82, 2.24) is 4.72 Å². The summed E-state index contributed by atoms with van der Waals surface area (Å²) in [5, 5.41) is 3.95. The van der Waals surface area contributed by atoms with Gasteiger partial charge in [-0.2, -0.15) is 0 Å². The van der Waals surface area contributed by atoms with Gasteiger partial charge in [0, 0.05) is 12.3 Å². The molecule has 3 N–H and O–H groups in total. The van der Waals surface area contributed by atoms with Crippen molar-refractivity contribution >= 4 is 29.9 Å². The Morgan fingerprint density at radius 2 is 1.71 bits per heavy atom. The number of hydrogen-bond acceptors (Lipinski definition) is 6. The van der Waals surface area contributed by atoms with E-state index in [1.54, 1.807) is 0 Å². The second-order valence-electron chi connectivity index (χ2n) is 4.62. The highest BCUT2D eigenvalue weighted by Gasteiger charge is 2.21. The molecule has 0 aromatic heterocycles. The molecule has 1 unspecified atom stereocenters. The highest BCUT2D eigenvalue weighted by molar-refractivity contribution is 8.06. The molecule has 0 aliphatic carbocycles. The average Bonchev–Trinajstić information content (AvgIpc) is 2.23. The lowest BCUT2D eigenvalue weighted by Crippen LogP contribution is -2.32. The molecule has 1 aromatic carbocycles. The van der Waals surface area contributed by atoms with Gasteiger partial charge >= 0.3 is 0 Å². The molecule has 1 rings (SSSR count). The Bertz CT molecular complexity index is 827. The molecule has 0 spiro atoms. The number of rotatable bonds is 6. The third-order valence-corrected chi connectivity index (χ3v) is 6.99. The maximum Gasteiger partial charge on any atom is 0.238 e. The van der Waals surface area contributed by atoms with Gasteiger partial charge in [0.1, 0.15) is 0 Å². The van der Waals surface area contributed by atoms with Crippen LogP contribution < -0.4 is 9.86 Å². The van der Waals surface area contributed by atoms with Crippen molar-refractivity contribution in [2.75, 3.05) is 11.3 Å². The molecule has 11 heteroatoms. The molecular formula is C10H16N2O6S3. The van der Waals surface area contributed by atoms with Crippen molar-refractivity contribution in [2.24, 2.45) is 5.14 Å². The van der Waals surface area contributed by atoms with E-state index in [-0.39, 0.29) is 4.90 Å². The van der Waals surface area contributed by atoms with Gasteiger partial charge in [-0.1, -0.05) is 12.1 Å². The maximum atomic E-state index is 11.7. The third kappa shape index (κ3) is 6.09. The molecule has 8 nitrogen and oxygen atoms in total. The summed E-state index contributed by atoms with van der Waals surface area (Å²) >= 11 is 0. The summed E-state index contributed by atoms with van der Waals surface area (Å²) in [6, 6.07) is 4.61. The third-order valence-electron chi connectivity index (χ3n) is 2.41. The minimum absolute atomic E-state index is 0.158. The van der Waals surface area contributed by atoms with Crippen LogP contribution in [0.15, 0.2) is 29.2 Å². The van der Waals surface area contributed by atoms with E-state index in [2.05, 4.69) is 4.72 Å². The summed E-state index contributed by atoms with van der Waals surface area (Å²) in [6.45, 7) is 1.46. The van der Waals surface area contributed by atoms with Crippen LogP contribution in [-0.2, 0) is 29.9 Å². The van der Waals surface area contributed by atoms with Gasteiger partial charge < -0.3 is 0 Å². The Morgan fingerprint density at radius 3 is 2.19 bits per heavy atom. The van der Waals surface area contributed by atoms with Crippen LogP contribution >= 0.6 is 0 Å². The Labute approximate surface area is 124 Å². The standard InChI is InChI=1S/C10H16N2O6S3/c1-8(12-20(15,16)7-19(2,13)14)9-4-3-5-10(6-9)21(11,17)18/h3-6,8,12H,7H2,1-2H3,(H2,11,17,18). The first-order valence-corrected chi connectivity index (χ1v) is 10.9. The zero-order chi connectivity index (χ0) is 16.5. The van der Waals surface area contributed by atoms with Gasteiger partial charge in [-0.05, 0) is 24.6 Å². The smallest absolute Gasteiger partial charge is 0.228 e. The van der Waals surface area contributed by atoms with Crippen LogP contribution in [0.4, 0.5) is 0 Å². The molecule has 120 valence electrons. The monoisotopic (exact) mass is 356 g/mol. The van der Waals surface area contributed by atoms with Crippen molar-refractivity contribution in [3.8, 4) is 0 Å². The number of nitrogens with one attached hydrogen (secondary N) is 1. The Morgan fingerprint density at radius 1 is 1.14 bits per heavy atom. The van der Waals surface area contributed by atoms with Gasteiger partial charge in [0.15, 0.2) is 14.9 Å². The SMILES string of the molecule is CC(NS(=O)(=O)CS(C)(=O)=O)c1cccc(S(N)(=O)=O)c1. The van der Waals surface area contributed by atoms with E-state index >= 15 is 0 Å². The minimum atomic E-state index is -4.05. The van der Waals surface area contributed by atoms with Crippen LogP contribution in [0, 0.1) is 0 Å². The second-order valence-corrected chi connectivity index (χ2v) is 10.4. The predicted octanol–water partition coefficient (Wildman–Crippen LogP) is -0.683. The summed E-state index contributed by atoms with van der Waals surface area (Å²) in [5.41, 5.74) is 0.346. The highest BCUT2D eigenvalue weighted by atomic mass is 32.3. The van der Waals surface area contributed by atoms with Gasteiger partial charge in [0.05, 0.1) is 4.90 Å². The first-order chi connectivity index (χ1) is 9.30. The molecule has 0 aliphatic rings. The van der Waals surface area contributed by atoms with Crippen LogP contribution in [0.2, 0.25) is 0 Å². The molecule has 21 heavy (non-hydrogen) atoms. The van der Waals surface area contributed by atoms with Crippen LogP contribution in [0.5, 0.6) is 0 Å². The van der Waals surface area contributed by atoms with E-state index in [0.717, 1.165) is 6.26 Å². The zero-order valence-electron chi connectivity index (χ0n) is 11.3. The molecule has 1 atom stereocenters. The molecule has 0 fully saturated rings. The van der Waals surface area contributed by atoms with Gasteiger partial charge in [0.2, 0.25) is 20.0 Å². The highest BCUT2D eigenvalue weighted by Crippen LogP contribution is 2.17. The van der Waals surface area contributed by atoms with Crippen LogP contribution in [0.25, 0.3) is 0 Å². The fourth-order valence-corrected chi connectivity index (χ4v) is 5.38. The lowest BCUT2D eigenvalue weighted by molar-refractivity contribution is 0.568. The summed E-state index contributed by atoms with van der Waals surface area (Å²) in [4.78, 5) is -0.158. The van der Waals surface area contributed by atoms with Crippen LogP contribution in [-0.4, -0.2) is 36.6 Å². The van der Waals surface area contributed by atoms with Crippen molar-refractivity contribution in [3.63, 3.8) is 0 Å². The molecular weight excluding hydrogens is 340 g/mol. The lowest BCUT2D eigenvalue weighted by atomic mass is 10.1. The van der Waals surface area contributed by atoms with Crippen molar-refractivity contribution < 1.29 is 25.3 Å². The number of sulfone groups is 1. The second kappa shape index (κ2) is 6.01. The summed E-state index contributed by atoms with van der Waals surface area (Å²) < 4.78 is 70.1. The number of sulfonamides is 2. The maximum absolute atomic E-state index is 11.7. The molecule has 0 heterocycles. The Balaban J connectivity index is 3.03. The largest absolute Gasteiger partial charge is 0.238 e. The quantitative estimate of drug-likeness (QED) is 0.691. The fraction of sp³-hybridized carbons (Fsp3) is 0.400. The van der Waals surface area contributed by atoms with Gasteiger partial charge in [-0.3, -0.25) is 0 Å². The molecule has 0 amide bonds. The van der Waals surface area contributed by atoms with Crippen LogP contribution in [0.3, 0.4) is 0 Å². The van der Waals surface area contributed by atoms with E-state index in [1.807, 2.05) is 0 Å². The van der Waals surface area contributed by atoms with E-state index in [9.17, 15) is 25.3 Å². The van der Waals surface area contributed by atoms with E-state index < -0.39 is 41.0 Å². The molecule has 0 radical (unpaired) electrons. The topological polar surface area (TPSA) is 140 Å². The molecule has 0 aliphatic heterocycles.